The molecular formula is C18H15N3S. The average Bonchev–Trinajstić information content (AvgIpc) is 2.82. The van der Waals surface area contributed by atoms with E-state index in [4.69, 9.17) is 10.2 Å². The summed E-state index contributed by atoms with van der Waals surface area (Å²) < 4.78 is 0. The number of allylic oxidation sites excluding steroid dienone is 3. The van der Waals surface area contributed by atoms with Crippen LogP contribution in [0.1, 0.15) is 16.1 Å². The highest BCUT2D eigenvalue weighted by Crippen LogP contribution is 2.31. The SMILES string of the molecule is N#Cc1cccc(-c2nc3c(s2)CCN(C2=CC=C2)CC3)c1. The molecule has 1 aliphatic carbocycles. The molecular weight excluding hydrogens is 290 g/mol. The van der Waals surface area contributed by atoms with Crippen LogP contribution >= 0.6 is 11.3 Å². The van der Waals surface area contributed by atoms with Crippen LogP contribution in [0.2, 0.25) is 0 Å². The molecule has 0 saturated carbocycles. The van der Waals surface area contributed by atoms with Crippen LogP contribution in [-0.4, -0.2) is 23.0 Å². The number of hydrogen-bond acceptors (Lipinski definition) is 4. The lowest BCUT2D eigenvalue weighted by atomic mass is 10.1. The molecule has 1 aliphatic heterocycles. The lowest BCUT2D eigenvalue weighted by Gasteiger charge is -2.26. The minimum absolute atomic E-state index is 0.692. The molecule has 0 bridgehead atoms. The van der Waals surface area contributed by atoms with Gasteiger partial charge in [0.1, 0.15) is 5.01 Å². The number of nitriles is 1. The molecule has 2 aliphatic rings. The van der Waals surface area contributed by atoms with E-state index in [0.717, 1.165) is 36.5 Å². The summed E-state index contributed by atoms with van der Waals surface area (Å²) in [5.41, 5.74) is 4.32. The molecule has 2 heterocycles. The first-order valence-electron chi connectivity index (χ1n) is 7.46. The van der Waals surface area contributed by atoms with Crippen LogP contribution in [0.3, 0.4) is 0 Å². The van der Waals surface area contributed by atoms with E-state index in [1.807, 2.05) is 24.3 Å². The molecule has 0 radical (unpaired) electrons. The lowest BCUT2D eigenvalue weighted by Crippen LogP contribution is -2.26. The molecule has 3 nitrogen and oxygen atoms in total. The first-order valence-corrected chi connectivity index (χ1v) is 8.27. The van der Waals surface area contributed by atoms with E-state index >= 15 is 0 Å². The van der Waals surface area contributed by atoms with Gasteiger partial charge in [-0.15, -0.1) is 11.3 Å². The molecule has 0 spiro atoms. The fourth-order valence-corrected chi connectivity index (χ4v) is 3.95. The monoisotopic (exact) mass is 305 g/mol. The Morgan fingerprint density at radius 1 is 1.23 bits per heavy atom. The van der Waals surface area contributed by atoms with E-state index in [0.29, 0.717) is 5.56 Å². The minimum Gasteiger partial charge on any atom is -0.371 e. The van der Waals surface area contributed by atoms with Crippen molar-refractivity contribution in [1.29, 1.82) is 5.26 Å². The summed E-state index contributed by atoms with van der Waals surface area (Å²) in [7, 11) is 0. The maximum Gasteiger partial charge on any atom is 0.123 e. The summed E-state index contributed by atoms with van der Waals surface area (Å²) in [5.74, 6) is 0. The molecule has 0 N–H and O–H groups in total. The Balaban J connectivity index is 1.58. The first kappa shape index (κ1) is 13.3. The van der Waals surface area contributed by atoms with Crippen molar-refractivity contribution in [3.63, 3.8) is 0 Å². The predicted octanol–water partition coefficient (Wildman–Crippen LogP) is 3.54. The minimum atomic E-state index is 0.692. The standard InChI is InChI=1S/C18H15N3S/c19-12-13-3-1-4-14(11-13)18-20-16-7-9-21(15-5-2-6-15)10-8-17(16)22-18/h1-6,11H,7-10H2. The average molecular weight is 305 g/mol. The number of thiazole rings is 1. The summed E-state index contributed by atoms with van der Waals surface area (Å²) in [6.07, 6.45) is 8.48. The highest BCUT2D eigenvalue weighted by molar-refractivity contribution is 7.15. The molecule has 1 aromatic carbocycles. The third kappa shape index (κ3) is 2.34. The molecule has 1 aromatic heterocycles. The number of nitrogens with zero attached hydrogens (tertiary/aromatic N) is 3. The molecule has 108 valence electrons. The van der Waals surface area contributed by atoms with E-state index in [-0.39, 0.29) is 0 Å². The van der Waals surface area contributed by atoms with E-state index in [9.17, 15) is 0 Å². The fourth-order valence-electron chi connectivity index (χ4n) is 2.86. The van der Waals surface area contributed by atoms with Crippen molar-refractivity contribution < 1.29 is 0 Å². The molecule has 4 rings (SSSR count). The van der Waals surface area contributed by atoms with E-state index in [2.05, 4.69) is 29.2 Å². The number of benzene rings is 1. The lowest BCUT2D eigenvalue weighted by molar-refractivity contribution is 0.369. The van der Waals surface area contributed by atoms with Gasteiger partial charge in [0.15, 0.2) is 0 Å². The van der Waals surface area contributed by atoms with Gasteiger partial charge in [-0.05, 0) is 24.3 Å². The van der Waals surface area contributed by atoms with Gasteiger partial charge < -0.3 is 4.90 Å². The number of hydrogen-bond donors (Lipinski definition) is 0. The zero-order valence-corrected chi connectivity index (χ0v) is 12.9. The van der Waals surface area contributed by atoms with Gasteiger partial charge in [0, 0.05) is 42.1 Å². The topological polar surface area (TPSA) is 39.9 Å². The van der Waals surface area contributed by atoms with Crippen LogP contribution < -0.4 is 0 Å². The third-order valence-corrected chi connectivity index (χ3v) is 5.35. The quantitative estimate of drug-likeness (QED) is 0.852. The van der Waals surface area contributed by atoms with Gasteiger partial charge >= 0.3 is 0 Å². The summed E-state index contributed by atoms with van der Waals surface area (Å²) >= 11 is 1.78. The smallest absolute Gasteiger partial charge is 0.123 e. The normalized spacial score (nSPS) is 16.3. The maximum absolute atomic E-state index is 9.03. The second kappa shape index (κ2) is 5.43. The second-order valence-corrected chi connectivity index (χ2v) is 6.60. The van der Waals surface area contributed by atoms with Crippen molar-refractivity contribution in [2.75, 3.05) is 13.1 Å². The van der Waals surface area contributed by atoms with Crippen LogP contribution in [0.5, 0.6) is 0 Å². The van der Waals surface area contributed by atoms with Gasteiger partial charge in [0.2, 0.25) is 0 Å². The zero-order valence-electron chi connectivity index (χ0n) is 12.1. The summed E-state index contributed by atoms with van der Waals surface area (Å²) in [6, 6.07) is 9.92. The Morgan fingerprint density at radius 2 is 2.09 bits per heavy atom. The Morgan fingerprint density at radius 3 is 2.86 bits per heavy atom. The van der Waals surface area contributed by atoms with Gasteiger partial charge in [0.05, 0.1) is 17.3 Å². The predicted molar refractivity (Wildman–Crippen MR) is 88.5 cm³/mol. The van der Waals surface area contributed by atoms with Crippen molar-refractivity contribution in [2.24, 2.45) is 0 Å². The van der Waals surface area contributed by atoms with Crippen molar-refractivity contribution in [1.82, 2.24) is 9.88 Å². The van der Waals surface area contributed by atoms with Gasteiger partial charge in [-0.2, -0.15) is 5.26 Å². The summed E-state index contributed by atoms with van der Waals surface area (Å²) in [6.45, 7) is 2.09. The van der Waals surface area contributed by atoms with Crippen LogP contribution in [-0.2, 0) is 12.8 Å². The number of fused-ring (bicyclic) bond motifs is 1. The Hall–Kier alpha value is -2.38. The molecule has 0 unspecified atom stereocenters. The molecule has 2 aromatic rings. The molecule has 0 saturated heterocycles. The molecule has 0 amide bonds. The van der Waals surface area contributed by atoms with Gasteiger partial charge in [0.25, 0.3) is 0 Å². The number of rotatable bonds is 2. The molecule has 0 fully saturated rings. The van der Waals surface area contributed by atoms with Crippen molar-refractivity contribution in [2.45, 2.75) is 12.8 Å². The molecule has 4 heteroatoms. The van der Waals surface area contributed by atoms with Crippen LogP contribution in [0.15, 0.2) is 48.2 Å². The van der Waals surface area contributed by atoms with Gasteiger partial charge in [-0.3, -0.25) is 0 Å². The van der Waals surface area contributed by atoms with Gasteiger partial charge in [-0.25, -0.2) is 4.98 Å². The highest BCUT2D eigenvalue weighted by atomic mass is 32.1. The van der Waals surface area contributed by atoms with E-state index in [1.54, 1.807) is 11.3 Å². The van der Waals surface area contributed by atoms with E-state index in [1.165, 1.54) is 16.3 Å². The van der Waals surface area contributed by atoms with E-state index < -0.39 is 0 Å². The van der Waals surface area contributed by atoms with Gasteiger partial charge in [-0.1, -0.05) is 18.2 Å². The Kier molecular flexibility index (Phi) is 3.28. The third-order valence-electron chi connectivity index (χ3n) is 4.14. The first-order chi connectivity index (χ1) is 10.8. The largest absolute Gasteiger partial charge is 0.371 e. The Labute approximate surface area is 133 Å². The zero-order chi connectivity index (χ0) is 14.9. The van der Waals surface area contributed by atoms with Crippen LogP contribution in [0.4, 0.5) is 0 Å². The second-order valence-electron chi connectivity index (χ2n) is 5.52. The fraction of sp³-hybridized carbons (Fsp3) is 0.222. The van der Waals surface area contributed by atoms with Crippen molar-refractivity contribution in [3.8, 4) is 16.6 Å². The highest BCUT2D eigenvalue weighted by Gasteiger charge is 2.20. The Bertz CT molecular complexity index is 798. The van der Waals surface area contributed by atoms with Crippen LogP contribution in [0, 0.1) is 11.3 Å². The van der Waals surface area contributed by atoms with Crippen molar-refractivity contribution in [3.05, 3.63) is 64.3 Å². The van der Waals surface area contributed by atoms with Crippen molar-refractivity contribution >= 4 is 11.3 Å². The van der Waals surface area contributed by atoms with Crippen LogP contribution in [0.25, 0.3) is 10.6 Å². The number of aromatic nitrogens is 1. The summed E-state index contributed by atoms with van der Waals surface area (Å²) in [4.78, 5) is 8.67. The maximum atomic E-state index is 9.03. The molecule has 22 heavy (non-hydrogen) atoms. The molecule has 0 atom stereocenters. The summed E-state index contributed by atoms with van der Waals surface area (Å²) in [5, 5.41) is 10.1.